The molecule has 2 aromatic rings. The summed E-state index contributed by atoms with van der Waals surface area (Å²) in [6.45, 7) is 3.98. The van der Waals surface area contributed by atoms with Gasteiger partial charge in [0.05, 0.1) is 11.5 Å². The quantitative estimate of drug-likeness (QED) is 0.553. The fourth-order valence-corrected chi connectivity index (χ4v) is 3.43. The first-order chi connectivity index (χ1) is 12.5. The van der Waals surface area contributed by atoms with E-state index in [1.807, 2.05) is 31.2 Å². The summed E-state index contributed by atoms with van der Waals surface area (Å²) in [4.78, 5) is 44.2. The number of amides is 2. The van der Waals surface area contributed by atoms with E-state index in [1.165, 1.54) is 11.8 Å². The molecule has 1 atom stereocenters. The van der Waals surface area contributed by atoms with E-state index in [-0.39, 0.29) is 23.7 Å². The Morgan fingerprint density at radius 3 is 2.65 bits per heavy atom. The number of anilines is 2. The van der Waals surface area contributed by atoms with Crippen LogP contribution in [0.25, 0.3) is 0 Å². The molecular formula is C18H20N4O3S. The van der Waals surface area contributed by atoms with Gasteiger partial charge in [-0.05, 0) is 29.9 Å². The van der Waals surface area contributed by atoms with E-state index in [2.05, 4.69) is 27.5 Å². The first-order valence-electron chi connectivity index (χ1n) is 8.48. The maximum absolute atomic E-state index is 12.7. The number of aromatic amines is 1. The van der Waals surface area contributed by atoms with Crippen LogP contribution in [-0.4, -0.2) is 27.5 Å². The molecule has 3 rings (SSSR count). The monoisotopic (exact) mass is 372 g/mol. The van der Waals surface area contributed by atoms with Crippen molar-refractivity contribution in [3.8, 4) is 0 Å². The number of aryl methyl sites for hydroxylation is 1. The van der Waals surface area contributed by atoms with Crippen molar-refractivity contribution >= 4 is 35.1 Å². The second-order valence-electron chi connectivity index (χ2n) is 5.91. The molecule has 0 saturated carbocycles. The van der Waals surface area contributed by atoms with Crippen LogP contribution >= 0.6 is 11.8 Å². The predicted molar refractivity (Wildman–Crippen MR) is 102 cm³/mol. The van der Waals surface area contributed by atoms with Gasteiger partial charge in [0.25, 0.3) is 5.56 Å². The van der Waals surface area contributed by atoms with Gasteiger partial charge in [-0.2, -0.15) is 0 Å². The first-order valence-corrected chi connectivity index (χ1v) is 9.47. The fourth-order valence-electron chi connectivity index (χ4n) is 2.83. The predicted octanol–water partition coefficient (Wildman–Crippen LogP) is 2.51. The van der Waals surface area contributed by atoms with E-state index in [4.69, 9.17) is 0 Å². The van der Waals surface area contributed by atoms with Crippen molar-refractivity contribution in [3.05, 3.63) is 45.7 Å². The van der Waals surface area contributed by atoms with Crippen LogP contribution in [-0.2, 0) is 16.0 Å². The Bertz CT molecular complexity index is 892. The van der Waals surface area contributed by atoms with Crippen LogP contribution in [0.4, 0.5) is 11.5 Å². The normalized spacial score (nSPS) is 15.9. The number of rotatable bonds is 5. The summed E-state index contributed by atoms with van der Waals surface area (Å²) in [6.07, 6.45) is 0.820. The Balaban J connectivity index is 1.89. The molecule has 26 heavy (non-hydrogen) atoms. The number of nitrogens with zero attached hydrogens (tertiary/aromatic N) is 1. The zero-order chi connectivity index (χ0) is 18.7. The van der Waals surface area contributed by atoms with E-state index in [0.29, 0.717) is 10.8 Å². The third-order valence-electron chi connectivity index (χ3n) is 4.16. The van der Waals surface area contributed by atoms with Gasteiger partial charge in [0, 0.05) is 12.1 Å². The number of H-pyrrole nitrogens is 1. The van der Waals surface area contributed by atoms with E-state index in [9.17, 15) is 14.4 Å². The number of carbonyl (C=O) groups is 2. The highest BCUT2D eigenvalue weighted by atomic mass is 32.2. The van der Waals surface area contributed by atoms with Gasteiger partial charge in [-0.15, -0.1) is 0 Å². The number of aromatic nitrogens is 2. The maximum atomic E-state index is 12.7. The van der Waals surface area contributed by atoms with Crippen LogP contribution < -0.4 is 16.2 Å². The molecule has 3 N–H and O–H groups in total. The molecule has 0 bridgehead atoms. The van der Waals surface area contributed by atoms with Crippen molar-refractivity contribution < 1.29 is 9.59 Å². The summed E-state index contributed by atoms with van der Waals surface area (Å²) in [5.74, 6) is -0.699. The van der Waals surface area contributed by atoms with Gasteiger partial charge >= 0.3 is 0 Å². The highest BCUT2D eigenvalue weighted by Gasteiger charge is 2.34. The van der Waals surface area contributed by atoms with Crippen molar-refractivity contribution in [1.29, 1.82) is 0 Å². The third kappa shape index (κ3) is 3.80. The molecule has 0 aliphatic carbocycles. The number of fused-ring (bicyclic) bond motifs is 1. The molecule has 0 saturated heterocycles. The lowest BCUT2D eigenvalue weighted by molar-refractivity contribution is -0.123. The Labute approximate surface area is 155 Å². The lowest BCUT2D eigenvalue weighted by atomic mass is 9.92. The van der Waals surface area contributed by atoms with Crippen molar-refractivity contribution in [2.24, 2.45) is 0 Å². The van der Waals surface area contributed by atoms with Gasteiger partial charge in [-0.25, -0.2) is 4.98 Å². The summed E-state index contributed by atoms with van der Waals surface area (Å²) >= 11 is 1.36. The average Bonchev–Trinajstić information content (AvgIpc) is 2.61. The van der Waals surface area contributed by atoms with Gasteiger partial charge in [0.2, 0.25) is 11.8 Å². The molecule has 1 aliphatic heterocycles. The van der Waals surface area contributed by atoms with Gasteiger partial charge in [-0.1, -0.05) is 37.7 Å². The summed E-state index contributed by atoms with van der Waals surface area (Å²) in [7, 11) is 0. The Kier molecular flexibility index (Phi) is 5.41. The molecule has 2 amide bonds. The minimum atomic E-state index is -0.874. The topological polar surface area (TPSA) is 104 Å². The molecule has 0 unspecified atom stereocenters. The second kappa shape index (κ2) is 7.74. The van der Waals surface area contributed by atoms with E-state index in [0.717, 1.165) is 17.7 Å². The molecule has 136 valence electrons. The smallest absolute Gasteiger partial charge is 0.257 e. The Hall–Kier alpha value is -2.61. The molecule has 1 aromatic carbocycles. The van der Waals surface area contributed by atoms with Crippen molar-refractivity contribution in [2.45, 2.75) is 37.8 Å². The molecular weight excluding hydrogens is 352 g/mol. The first kappa shape index (κ1) is 18.2. The summed E-state index contributed by atoms with van der Waals surface area (Å²) < 4.78 is 0. The van der Waals surface area contributed by atoms with Gasteiger partial charge in [-0.3, -0.25) is 14.4 Å². The molecule has 1 aromatic heterocycles. The summed E-state index contributed by atoms with van der Waals surface area (Å²) in [5, 5.41) is 5.81. The van der Waals surface area contributed by atoms with Gasteiger partial charge < -0.3 is 15.6 Å². The number of hydrogen-bond donors (Lipinski definition) is 3. The lowest BCUT2D eigenvalue weighted by Crippen LogP contribution is -2.36. The molecule has 2 heterocycles. The Morgan fingerprint density at radius 1 is 1.27 bits per heavy atom. The van der Waals surface area contributed by atoms with Gasteiger partial charge in [0.15, 0.2) is 5.16 Å². The third-order valence-corrected chi connectivity index (χ3v) is 4.91. The van der Waals surface area contributed by atoms with Crippen LogP contribution in [0.2, 0.25) is 0 Å². The molecule has 8 heteroatoms. The highest BCUT2D eigenvalue weighted by molar-refractivity contribution is 7.99. The summed E-state index contributed by atoms with van der Waals surface area (Å²) in [5.41, 5.74) is 1.59. The maximum Gasteiger partial charge on any atom is 0.257 e. The standard InChI is InChI=1S/C18H20N4O3S/c1-3-10-5-7-11(8-6-10)19-16(24)12-9-13(23)20-15-14(12)17(25)22-18(21-15)26-4-2/h5-8,12H,3-4,9H2,1-2H3,(H,19,24)(H2,20,21,22,23,25)/t12-/m0/s1. The average molecular weight is 372 g/mol. The lowest BCUT2D eigenvalue weighted by Gasteiger charge is -2.23. The van der Waals surface area contributed by atoms with Crippen molar-refractivity contribution in [2.75, 3.05) is 16.4 Å². The number of thioether (sulfide) groups is 1. The van der Waals surface area contributed by atoms with E-state index < -0.39 is 17.4 Å². The number of carbonyl (C=O) groups excluding carboxylic acids is 2. The highest BCUT2D eigenvalue weighted by Crippen LogP contribution is 2.30. The van der Waals surface area contributed by atoms with Crippen LogP contribution in [0.1, 0.15) is 37.3 Å². The molecule has 1 aliphatic rings. The molecule has 0 radical (unpaired) electrons. The van der Waals surface area contributed by atoms with E-state index in [1.54, 1.807) is 0 Å². The molecule has 7 nitrogen and oxygen atoms in total. The zero-order valence-electron chi connectivity index (χ0n) is 14.6. The number of benzene rings is 1. The number of nitrogens with one attached hydrogen (secondary N) is 3. The number of hydrogen-bond acceptors (Lipinski definition) is 5. The van der Waals surface area contributed by atoms with Crippen molar-refractivity contribution in [3.63, 3.8) is 0 Å². The fraction of sp³-hybridized carbons (Fsp3) is 0.333. The summed E-state index contributed by atoms with van der Waals surface area (Å²) in [6, 6.07) is 7.48. The van der Waals surface area contributed by atoms with Crippen molar-refractivity contribution in [1.82, 2.24) is 9.97 Å². The zero-order valence-corrected chi connectivity index (χ0v) is 15.4. The Morgan fingerprint density at radius 2 is 2.00 bits per heavy atom. The minimum absolute atomic E-state index is 0.0864. The minimum Gasteiger partial charge on any atom is -0.326 e. The van der Waals surface area contributed by atoms with E-state index >= 15 is 0 Å². The van der Waals surface area contributed by atoms with Crippen LogP contribution in [0.5, 0.6) is 0 Å². The SMILES string of the molecule is CCSc1nc2c(c(=O)[nH]1)[C@@H](C(=O)Nc1ccc(CC)cc1)CC(=O)N2. The van der Waals surface area contributed by atoms with Crippen LogP contribution in [0.15, 0.2) is 34.2 Å². The second-order valence-corrected chi connectivity index (χ2v) is 7.16. The van der Waals surface area contributed by atoms with Crippen LogP contribution in [0.3, 0.4) is 0 Å². The molecule has 0 fully saturated rings. The van der Waals surface area contributed by atoms with Gasteiger partial charge in [0.1, 0.15) is 5.82 Å². The molecule has 0 spiro atoms. The van der Waals surface area contributed by atoms with Crippen LogP contribution in [0, 0.1) is 0 Å². The largest absolute Gasteiger partial charge is 0.326 e.